The van der Waals surface area contributed by atoms with E-state index in [1.165, 1.54) is 33.0 Å². The van der Waals surface area contributed by atoms with Crippen LogP contribution in [0.4, 0.5) is 5.69 Å². The van der Waals surface area contributed by atoms with Gasteiger partial charge in [0.15, 0.2) is 12.5 Å². The number of rotatable bonds is 3. The van der Waals surface area contributed by atoms with Crippen LogP contribution in [0.1, 0.15) is 27.7 Å². The summed E-state index contributed by atoms with van der Waals surface area (Å²) in [6.07, 6.45) is -0.731. The molecular formula is C24H25NO3. The van der Waals surface area contributed by atoms with Crippen molar-refractivity contribution in [2.24, 2.45) is 5.92 Å². The van der Waals surface area contributed by atoms with E-state index in [1.807, 2.05) is 13.8 Å². The molecule has 1 saturated heterocycles. The third-order valence-electron chi connectivity index (χ3n) is 5.62. The van der Waals surface area contributed by atoms with Gasteiger partial charge < -0.3 is 10.1 Å². The molecule has 3 aromatic carbocycles. The monoisotopic (exact) mass is 375 g/mol. The molecule has 0 bridgehead atoms. The molecule has 1 aliphatic carbocycles. The predicted octanol–water partition coefficient (Wildman–Crippen LogP) is 5.96. The minimum absolute atomic E-state index is 0.194. The van der Waals surface area contributed by atoms with Crippen molar-refractivity contribution in [3.63, 3.8) is 0 Å². The van der Waals surface area contributed by atoms with Crippen molar-refractivity contribution in [2.75, 3.05) is 5.32 Å². The minimum Gasteiger partial charge on any atom is -0.357 e. The highest BCUT2D eigenvalue weighted by molar-refractivity contribution is 6.17. The maximum absolute atomic E-state index is 6.22. The number of benzene rings is 3. The van der Waals surface area contributed by atoms with E-state index in [9.17, 15) is 0 Å². The second kappa shape index (κ2) is 6.31. The lowest BCUT2D eigenvalue weighted by Gasteiger charge is -2.42. The Bertz CT molecular complexity index is 1050. The molecule has 144 valence electrons. The maximum atomic E-state index is 6.22. The van der Waals surface area contributed by atoms with E-state index >= 15 is 0 Å². The fraction of sp³-hybridized carbons (Fsp3) is 0.333. The number of nitrogens with one attached hydrogen (secondary N) is 1. The fourth-order valence-electron chi connectivity index (χ4n) is 4.11. The highest BCUT2D eigenvalue weighted by atomic mass is 17.2. The first-order valence-electron chi connectivity index (χ1n) is 9.88. The Hall–Kier alpha value is -2.40. The molecule has 2 unspecified atom stereocenters. The summed E-state index contributed by atoms with van der Waals surface area (Å²) in [5.41, 5.74) is 5.45. The van der Waals surface area contributed by atoms with E-state index < -0.39 is 11.9 Å². The van der Waals surface area contributed by atoms with Gasteiger partial charge in [-0.3, -0.25) is 0 Å². The van der Waals surface area contributed by atoms with Gasteiger partial charge in [-0.1, -0.05) is 62.4 Å². The van der Waals surface area contributed by atoms with Gasteiger partial charge in [0.2, 0.25) is 0 Å². The molecule has 28 heavy (non-hydrogen) atoms. The molecule has 2 aliphatic rings. The molecule has 0 spiro atoms. The van der Waals surface area contributed by atoms with Crippen molar-refractivity contribution in [2.45, 2.75) is 45.8 Å². The molecule has 5 rings (SSSR count). The van der Waals surface area contributed by atoms with Gasteiger partial charge in [-0.2, -0.15) is 0 Å². The number of fused-ring (bicyclic) bond motifs is 3. The Kier molecular flexibility index (Phi) is 3.98. The highest BCUT2D eigenvalue weighted by Gasteiger charge is 2.42. The topological polar surface area (TPSA) is 39.7 Å². The van der Waals surface area contributed by atoms with Crippen LogP contribution in [0.5, 0.6) is 0 Å². The molecule has 2 atom stereocenters. The van der Waals surface area contributed by atoms with Crippen LogP contribution in [0, 0.1) is 5.92 Å². The molecule has 0 amide bonds. The summed E-state index contributed by atoms with van der Waals surface area (Å²) in [6.45, 7) is 8.06. The lowest BCUT2D eigenvalue weighted by Crippen LogP contribution is -2.54. The molecule has 1 aliphatic heterocycles. The zero-order valence-corrected chi connectivity index (χ0v) is 16.7. The fourth-order valence-corrected chi connectivity index (χ4v) is 4.11. The van der Waals surface area contributed by atoms with Gasteiger partial charge in [0.1, 0.15) is 5.60 Å². The summed E-state index contributed by atoms with van der Waals surface area (Å²) in [4.78, 5) is 11.1. The number of hydrogen-bond donors (Lipinski definition) is 1. The van der Waals surface area contributed by atoms with Gasteiger partial charge in [0, 0.05) is 17.2 Å². The summed E-state index contributed by atoms with van der Waals surface area (Å²) < 4.78 is 6.22. The van der Waals surface area contributed by atoms with Gasteiger partial charge in [0.25, 0.3) is 0 Å². The third-order valence-corrected chi connectivity index (χ3v) is 5.62. The Morgan fingerprint density at radius 2 is 1.57 bits per heavy atom. The van der Waals surface area contributed by atoms with Crippen molar-refractivity contribution in [1.29, 1.82) is 0 Å². The molecule has 0 radical (unpaired) electrons. The predicted molar refractivity (Wildman–Crippen MR) is 112 cm³/mol. The van der Waals surface area contributed by atoms with E-state index in [-0.39, 0.29) is 12.1 Å². The van der Waals surface area contributed by atoms with E-state index in [0.717, 1.165) is 5.69 Å². The largest absolute Gasteiger partial charge is 0.357 e. The summed E-state index contributed by atoms with van der Waals surface area (Å²) in [6, 6.07) is 19.4. The average molecular weight is 375 g/mol. The van der Waals surface area contributed by atoms with Crippen LogP contribution >= 0.6 is 0 Å². The van der Waals surface area contributed by atoms with Crippen LogP contribution in [0.25, 0.3) is 33.0 Å². The first-order valence-corrected chi connectivity index (χ1v) is 9.88. The number of anilines is 1. The summed E-state index contributed by atoms with van der Waals surface area (Å²) in [5.74, 6) is 0.194. The summed E-state index contributed by atoms with van der Waals surface area (Å²) in [5, 5.41) is 6.19. The standard InChI is InChI=1S/C24H25NO3/c1-14(2)22-26-23(24(3,4)28-27-22)25-19-13-7-11-17-16-10-5-8-15-9-6-12-18(20(15)16)21(17)19/h5-14,22-23,25H,1-4H3. The molecule has 4 nitrogen and oxygen atoms in total. The first-order chi connectivity index (χ1) is 13.5. The van der Waals surface area contributed by atoms with Crippen LogP contribution in [-0.4, -0.2) is 18.1 Å². The van der Waals surface area contributed by atoms with Crippen LogP contribution < -0.4 is 5.32 Å². The Labute approximate surface area is 165 Å². The van der Waals surface area contributed by atoms with Gasteiger partial charge in [-0.05, 0) is 47.4 Å². The SMILES string of the molecule is CC(C)C1OOC(C)(C)C(Nc2cccc3c2-c2cccc4cccc-3c24)O1. The molecule has 3 aromatic rings. The second-order valence-electron chi connectivity index (χ2n) is 8.49. The molecule has 0 saturated carbocycles. The van der Waals surface area contributed by atoms with Gasteiger partial charge in [-0.15, -0.1) is 0 Å². The van der Waals surface area contributed by atoms with Crippen LogP contribution in [0.15, 0.2) is 54.6 Å². The van der Waals surface area contributed by atoms with E-state index in [0.29, 0.717) is 0 Å². The van der Waals surface area contributed by atoms with E-state index in [2.05, 4.69) is 73.8 Å². The van der Waals surface area contributed by atoms with Gasteiger partial charge in [0.05, 0.1) is 0 Å². The summed E-state index contributed by atoms with van der Waals surface area (Å²) in [7, 11) is 0. The molecule has 0 aromatic heterocycles. The molecule has 1 N–H and O–H groups in total. The quantitative estimate of drug-likeness (QED) is 0.448. The number of hydrogen-bond acceptors (Lipinski definition) is 4. The Morgan fingerprint density at radius 1 is 0.893 bits per heavy atom. The molecule has 1 fully saturated rings. The zero-order chi connectivity index (χ0) is 19.5. The second-order valence-corrected chi connectivity index (χ2v) is 8.49. The highest BCUT2D eigenvalue weighted by Crippen LogP contribution is 2.50. The minimum atomic E-state index is -0.619. The van der Waals surface area contributed by atoms with Crippen LogP contribution in [-0.2, 0) is 14.5 Å². The Morgan fingerprint density at radius 3 is 2.32 bits per heavy atom. The van der Waals surface area contributed by atoms with Crippen molar-refractivity contribution in [3.05, 3.63) is 54.6 Å². The van der Waals surface area contributed by atoms with Crippen molar-refractivity contribution in [1.82, 2.24) is 0 Å². The Balaban J connectivity index is 1.58. The van der Waals surface area contributed by atoms with Crippen molar-refractivity contribution >= 4 is 16.5 Å². The zero-order valence-electron chi connectivity index (χ0n) is 16.7. The smallest absolute Gasteiger partial charge is 0.196 e. The van der Waals surface area contributed by atoms with Gasteiger partial charge in [-0.25, -0.2) is 9.78 Å². The summed E-state index contributed by atoms with van der Waals surface area (Å²) >= 11 is 0. The average Bonchev–Trinajstić information content (AvgIpc) is 3.00. The first kappa shape index (κ1) is 17.7. The normalized spacial score (nSPS) is 22.5. The van der Waals surface area contributed by atoms with Gasteiger partial charge >= 0.3 is 0 Å². The molecule has 4 heteroatoms. The van der Waals surface area contributed by atoms with Crippen molar-refractivity contribution < 1.29 is 14.5 Å². The van der Waals surface area contributed by atoms with E-state index in [1.54, 1.807) is 0 Å². The van der Waals surface area contributed by atoms with Crippen molar-refractivity contribution in [3.8, 4) is 22.3 Å². The maximum Gasteiger partial charge on any atom is 0.196 e. The molecule has 1 heterocycles. The molecular weight excluding hydrogens is 350 g/mol. The lowest BCUT2D eigenvalue weighted by atomic mass is 10.0. The number of ether oxygens (including phenoxy) is 1. The van der Waals surface area contributed by atoms with E-state index in [4.69, 9.17) is 14.5 Å². The van der Waals surface area contributed by atoms with Crippen LogP contribution in [0.3, 0.4) is 0 Å². The van der Waals surface area contributed by atoms with Crippen LogP contribution in [0.2, 0.25) is 0 Å². The lowest BCUT2D eigenvalue weighted by molar-refractivity contribution is -0.485. The third kappa shape index (κ3) is 2.64.